The van der Waals surface area contributed by atoms with Gasteiger partial charge in [0.05, 0.1) is 6.04 Å². The molecule has 2 rings (SSSR count). The molecule has 0 N–H and O–H groups in total. The van der Waals surface area contributed by atoms with Gasteiger partial charge < -0.3 is 0 Å². The summed E-state index contributed by atoms with van der Waals surface area (Å²) in [5.74, 6) is 0.836. The van der Waals surface area contributed by atoms with Crippen LogP contribution in [0.15, 0.2) is 0 Å². The number of Topliss-reactive ketones (excluding diaryl/α,β-unsaturated/α-hetero) is 1. The van der Waals surface area contributed by atoms with Crippen molar-refractivity contribution in [1.29, 1.82) is 0 Å². The van der Waals surface area contributed by atoms with Crippen LogP contribution in [0.3, 0.4) is 0 Å². The van der Waals surface area contributed by atoms with E-state index in [4.69, 9.17) is 0 Å². The van der Waals surface area contributed by atoms with Gasteiger partial charge in [0.25, 0.3) is 0 Å². The summed E-state index contributed by atoms with van der Waals surface area (Å²) in [6.45, 7) is 1.06. The molecule has 1 aliphatic carbocycles. The first-order valence-electron chi connectivity index (χ1n) is 4.19. The summed E-state index contributed by atoms with van der Waals surface area (Å²) in [7, 11) is 4.02. The molecule has 0 radical (unpaired) electrons. The maximum Gasteiger partial charge on any atom is 0.157 e. The van der Waals surface area contributed by atoms with Crippen LogP contribution in [0.4, 0.5) is 0 Å². The number of nitrogens with zero attached hydrogens (tertiary/aromatic N) is 2. The monoisotopic (exact) mass is 154 g/mol. The first-order valence-corrected chi connectivity index (χ1v) is 4.19. The molecule has 2 atom stereocenters. The van der Waals surface area contributed by atoms with Gasteiger partial charge in [0, 0.05) is 26.6 Å². The van der Waals surface area contributed by atoms with Crippen LogP contribution in [-0.4, -0.2) is 42.5 Å². The second-order valence-electron chi connectivity index (χ2n) is 3.61. The molecule has 2 aliphatic rings. The first-order chi connectivity index (χ1) is 5.22. The molecule has 62 valence electrons. The highest BCUT2D eigenvalue weighted by molar-refractivity contribution is 6.03. The van der Waals surface area contributed by atoms with Crippen LogP contribution < -0.4 is 0 Å². The second-order valence-corrected chi connectivity index (χ2v) is 3.61. The van der Waals surface area contributed by atoms with Gasteiger partial charge in [-0.3, -0.25) is 4.79 Å². The number of carbonyl (C=O) groups is 1. The third-order valence-corrected chi connectivity index (χ3v) is 2.67. The highest BCUT2D eigenvalue weighted by Gasteiger charge is 2.54. The lowest BCUT2D eigenvalue weighted by Gasteiger charge is -2.30. The summed E-state index contributed by atoms with van der Waals surface area (Å²) in [4.78, 5) is 11.2. The summed E-state index contributed by atoms with van der Waals surface area (Å²) in [6, 6.07) is 0.249. The van der Waals surface area contributed by atoms with E-state index in [1.807, 2.05) is 19.1 Å². The van der Waals surface area contributed by atoms with Gasteiger partial charge >= 0.3 is 0 Å². The molecular formula is C8H14N2O. The summed E-state index contributed by atoms with van der Waals surface area (Å²) < 4.78 is 0. The molecule has 0 amide bonds. The molecule has 1 heterocycles. The van der Waals surface area contributed by atoms with Crippen molar-refractivity contribution < 1.29 is 4.79 Å². The smallest absolute Gasteiger partial charge is 0.157 e. The zero-order chi connectivity index (χ0) is 8.01. The van der Waals surface area contributed by atoms with E-state index in [0.717, 1.165) is 13.0 Å². The fourth-order valence-electron chi connectivity index (χ4n) is 1.99. The maximum absolute atomic E-state index is 11.2. The van der Waals surface area contributed by atoms with Crippen molar-refractivity contribution in [2.75, 3.05) is 20.6 Å². The quantitative estimate of drug-likeness (QED) is 0.536. The van der Waals surface area contributed by atoms with Gasteiger partial charge in [-0.2, -0.15) is 0 Å². The van der Waals surface area contributed by atoms with E-state index in [2.05, 4.69) is 5.01 Å². The van der Waals surface area contributed by atoms with Crippen LogP contribution >= 0.6 is 0 Å². The van der Waals surface area contributed by atoms with Crippen molar-refractivity contribution in [2.24, 2.45) is 5.92 Å². The molecular weight excluding hydrogens is 140 g/mol. The Morgan fingerprint density at radius 2 is 2.27 bits per heavy atom. The van der Waals surface area contributed by atoms with Gasteiger partial charge in [-0.25, -0.2) is 10.0 Å². The number of hydrogen-bond donors (Lipinski definition) is 0. The number of piperidine rings is 1. The van der Waals surface area contributed by atoms with Gasteiger partial charge in [0.2, 0.25) is 0 Å². The fraction of sp³-hybridized carbons (Fsp3) is 0.875. The molecule has 0 aromatic carbocycles. The predicted octanol–water partition coefficient (Wildman–Crippen LogP) is 0.126. The van der Waals surface area contributed by atoms with Gasteiger partial charge in [-0.15, -0.1) is 0 Å². The van der Waals surface area contributed by atoms with Crippen molar-refractivity contribution in [3.8, 4) is 0 Å². The average molecular weight is 154 g/mol. The number of ketones is 1. The van der Waals surface area contributed by atoms with E-state index >= 15 is 0 Å². The number of hydrogen-bond acceptors (Lipinski definition) is 3. The lowest BCUT2D eigenvalue weighted by molar-refractivity contribution is -0.114. The van der Waals surface area contributed by atoms with E-state index in [9.17, 15) is 4.79 Å². The molecule has 1 aliphatic heterocycles. The average Bonchev–Trinajstić information content (AvgIpc) is 2.63. The summed E-state index contributed by atoms with van der Waals surface area (Å²) in [5.41, 5.74) is 0. The summed E-state index contributed by atoms with van der Waals surface area (Å²) in [5, 5.41) is 4.22. The molecule has 2 unspecified atom stereocenters. The summed E-state index contributed by atoms with van der Waals surface area (Å²) in [6.07, 6.45) is 2.29. The van der Waals surface area contributed by atoms with Crippen LogP contribution in [0.5, 0.6) is 0 Å². The molecule has 0 aromatic rings. The predicted molar refractivity (Wildman–Crippen MR) is 41.9 cm³/mol. The van der Waals surface area contributed by atoms with E-state index in [1.165, 1.54) is 6.42 Å². The standard InChI is InChI=1S/C8H14N2O/c1-9(2)10-5-3-4-6-7(10)8(6)11/h6-7H,3-5H2,1-2H3. The third kappa shape index (κ3) is 0.993. The zero-order valence-electron chi connectivity index (χ0n) is 7.08. The van der Waals surface area contributed by atoms with Gasteiger partial charge in [0.15, 0.2) is 5.78 Å². The van der Waals surface area contributed by atoms with E-state index in [0.29, 0.717) is 11.7 Å². The van der Waals surface area contributed by atoms with Gasteiger partial charge in [-0.1, -0.05) is 0 Å². The van der Waals surface area contributed by atoms with Crippen LogP contribution in [0.1, 0.15) is 12.8 Å². The van der Waals surface area contributed by atoms with Crippen molar-refractivity contribution in [1.82, 2.24) is 10.0 Å². The minimum atomic E-state index is 0.249. The van der Waals surface area contributed by atoms with E-state index in [1.54, 1.807) is 0 Å². The largest absolute Gasteiger partial charge is 0.297 e. The normalized spacial score (nSPS) is 37.5. The first kappa shape index (κ1) is 7.25. The van der Waals surface area contributed by atoms with Crippen LogP contribution in [0.2, 0.25) is 0 Å². The van der Waals surface area contributed by atoms with Gasteiger partial charge in [0.1, 0.15) is 0 Å². The van der Waals surface area contributed by atoms with Crippen molar-refractivity contribution in [3.05, 3.63) is 0 Å². The zero-order valence-corrected chi connectivity index (χ0v) is 7.08. The Balaban J connectivity index is 2.06. The Hall–Kier alpha value is -0.410. The highest BCUT2D eigenvalue weighted by atomic mass is 16.1. The Kier molecular flexibility index (Phi) is 1.51. The van der Waals surface area contributed by atoms with Crippen molar-refractivity contribution >= 4 is 5.78 Å². The molecule has 3 nitrogen and oxygen atoms in total. The lowest BCUT2D eigenvalue weighted by atomic mass is 10.1. The molecule has 1 saturated heterocycles. The molecule has 1 saturated carbocycles. The number of fused-ring (bicyclic) bond motifs is 1. The lowest BCUT2D eigenvalue weighted by Crippen LogP contribution is -2.42. The number of carbonyl (C=O) groups excluding carboxylic acids is 1. The van der Waals surface area contributed by atoms with E-state index in [-0.39, 0.29) is 6.04 Å². The SMILES string of the molecule is CN(C)N1CCCC2C(=O)C21. The van der Waals surface area contributed by atoms with Crippen LogP contribution in [-0.2, 0) is 4.79 Å². The fourth-order valence-corrected chi connectivity index (χ4v) is 1.99. The Morgan fingerprint density at radius 1 is 1.55 bits per heavy atom. The molecule has 0 bridgehead atoms. The molecule has 11 heavy (non-hydrogen) atoms. The minimum absolute atomic E-state index is 0.249. The Labute approximate surface area is 66.9 Å². The molecule has 0 spiro atoms. The molecule has 2 fully saturated rings. The molecule has 3 heteroatoms. The Morgan fingerprint density at radius 3 is 2.82 bits per heavy atom. The maximum atomic E-state index is 11.2. The molecule has 0 aromatic heterocycles. The Bertz CT molecular complexity index is 191. The highest BCUT2D eigenvalue weighted by Crippen LogP contribution is 2.39. The summed E-state index contributed by atoms with van der Waals surface area (Å²) >= 11 is 0. The van der Waals surface area contributed by atoms with Crippen LogP contribution in [0.25, 0.3) is 0 Å². The van der Waals surface area contributed by atoms with Gasteiger partial charge in [-0.05, 0) is 12.8 Å². The second kappa shape index (κ2) is 2.29. The minimum Gasteiger partial charge on any atom is -0.297 e. The number of hydrazine groups is 1. The van der Waals surface area contributed by atoms with Crippen molar-refractivity contribution in [2.45, 2.75) is 18.9 Å². The topological polar surface area (TPSA) is 23.6 Å². The van der Waals surface area contributed by atoms with Crippen LogP contribution in [0, 0.1) is 5.92 Å². The number of rotatable bonds is 1. The van der Waals surface area contributed by atoms with Crippen molar-refractivity contribution in [3.63, 3.8) is 0 Å². The third-order valence-electron chi connectivity index (χ3n) is 2.67. The van der Waals surface area contributed by atoms with E-state index < -0.39 is 0 Å².